The lowest BCUT2D eigenvalue weighted by molar-refractivity contribution is 1.45. The van der Waals surface area contributed by atoms with Crippen LogP contribution in [-0.4, -0.2) is 0 Å². The maximum atomic E-state index is 2.23. The maximum Gasteiger partial charge on any atom is 0.0279 e. The lowest BCUT2D eigenvalue weighted by Crippen LogP contribution is -1.93. The first kappa shape index (κ1) is 18.3. The van der Waals surface area contributed by atoms with Crippen molar-refractivity contribution in [1.29, 1.82) is 0 Å². The van der Waals surface area contributed by atoms with Gasteiger partial charge in [-0.1, -0.05) is 120 Å². The summed E-state index contributed by atoms with van der Waals surface area (Å²) >= 11 is 1.83. The highest BCUT2D eigenvalue weighted by Crippen LogP contribution is 2.42. The number of aryl methyl sites for hydroxylation is 1. The Bertz CT molecular complexity index is 1010. The Morgan fingerprint density at radius 3 is 1.46 bits per heavy atom. The molecular weight excluding hydrogens is 356 g/mol. The molecule has 0 aliphatic rings. The number of hydrogen-bond acceptors (Lipinski definition) is 1. The van der Waals surface area contributed by atoms with Gasteiger partial charge in [-0.15, -0.1) is 0 Å². The van der Waals surface area contributed by atoms with Gasteiger partial charge in [-0.3, -0.25) is 0 Å². The van der Waals surface area contributed by atoms with Crippen molar-refractivity contribution in [1.82, 2.24) is 0 Å². The summed E-state index contributed by atoms with van der Waals surface area (Å²) in [6, 6.07) is 40.8. The van der Waals surface area contributed by atoms with Gasteiger partial charge in [0.05, 0.1) is 0 Å². The number of benzene rings is 4. The molecule has 4 aromatic rings. The van der Waals surface area contributed by atoms with Crippen LogP contribution < -0.4 is 0 Å². The number of thioether (sulfide) groups is 1. The van der Waals surface area contributed by atoms with E-state index < -0.39 is 0 Å². The first-order valence-corrected chi connectivity index (χ1v) is 10.3. The van der Waals surface area contributed by atoms with Gasteiger partial charge in [-0.2, -0.15) is 0 Å². The van der Waals surface area contributed by atoms with Crippen molar-refractivity contribution in [2.24, 2.45) is 0 Å². The van der Waals surface area contributed by atoms with Gasteiger partial charge >= 0.3 is 0 Å². The highest BCUT2D eigenvalue weighted by molar-refractivity contribution is 8.08. The van der Waals surface area contributed by atoms with Gasteiger partial charge in [0.2, 0.25) is 0 Å². The Morgan fingerprint density at radius 2 is 0.964 bits per heavy atom. The van der Waals surface area contributed by atoms with E-state index in [2.05, 4.69) is 122 Å². The van der Waals surface area contributed by atoms with Crippen LogP contribution in [0.5, 0.6) is 0 Å². The lowest BCUT2D eigenvalue weighted by atomic mass is 9.95. The van der Waals surface area contributed by atoms with Crippen LogP contribution in [0.3, 0.4) is 0 Å². The summed E-state index contributed by atoms with van der Waals surface area (Å²) in [7, 11) is 0. The molecule has 0 saturated carbocycles. The van der Waals surface area contributed by atoms with Crippen molar-refractivity contribution in [2.45, 2.75) is 11.8 Å². The predicted molar refractivity (Wildman–Crippen MR) is 122 cm³/mol. The predicted octanol–water partition coefficient (Wildman–Crippen LogP) is 7.70. The molecule has 0 radical (unpaired) electrons. The van der Waals surface area contributed by atoms with Crippen molar-refractivity contribution in [3.8, 4) is 0 Å². The minimum Gasteiger partial charge on any atom is -0.0888 e. The Kier molecular flexibility index (Phi) is 5.75. The summed E-state index contributed by atoms with van der Waals surface area (Å²) < 4.78 is 0. The molecule has 0 aromatic heterocycles. The fraction of sp³-hybridized carbons (Fsp3) is 0.0370. The van der Waals surface area contributed by atoms with Gasteiger partial charge in [0.15, 0.2) is 0 Å². The van der Waals surface area contributed by atoms with Crippen molar-refractivity contribution >= 4 is 22.2 Å². The van der Waals surface area contributed by atoms with E-state index in [0.717, 1.165) is 0 Å². The Hall–Kier alpha value is -3.03. The molecule has 4 aromatic carbocycles. The second-order valence-corrected chi connectivity index (χ2v) is 7.80. The van der Waals surface area contributed by atoms with Crippen LogP contribution in [-0.2, 0) is 0 Å². The molecule has 0 spiro atoms. The van der Waals surface area contributed by atoms with Crippen LogP contribution in [0.15, 0.2) is 120 Å². The van der Waals surface area contributed by atoms with E-state index in [4.69, 9.17) is 0 Å². The molecule has 0 unspecified atom stereocenters. The van der Waals surface area contributed by atoms with Gasteiger partial charge < -0.3 is 0 Å². The SMILES string of the molecule is Cc1ccc(C(Sc2ccccc2)=C(c2ccccc2)c2ccccc2)cc1. The largest absolute Gasteiger partial charge is 0.0888 e. The average Bonchev–Trinajstić information content (AvgIpc) is 2.76. The monoisotopic (exact) mass is 378 g/mol. The molecule has 0 aliphatic carbocycles. The van der Waals surface area contributed by atoms with Gasteiger partial charge in [0, 0.05) is 15.4 Å². The Balaban J connectivity index is 1.97. The van der Waals surface area contributed by atoms with E-state index in [1.54, 1.807) is 0 Å². The van der Waals surface area contributed by atoms with E-state index >= 15 is 0 Å². The van der Waals surface area contributed by atoms with Crippen LogP contribution in [0.4, 0.5) is 0 Å². The second-order valence-electron chi connectivity index (χ2n) is 6.72. The van der Waals surface area contributed by atoms with Crippen molar-refractivity contribution in [2.75, 3.05) is 0 Å². The van der Waals surface area contributed by atoms with Crippen molar-refractivity contribution < 1.29 is 0 Å². The topological polar surface area (TPSA) is 0 Å². The highest BCUT2D eigenvalue weighted by atomic mass is 32.2. The Labute approximate surface area is 171 Å². The second kappa shape index (κ2) is 8.77. The van der Waals surface area contributed by atoms with E-state index in [9.17, 15) is 0 Å². The molecule has 0 aliphatic heterocycles. The molecule has 0 saturated heterocycles. The first-order valence-electron chi connectivity index (χ1n) is 9.46. The summed E-state index contributed by atoms with van der Waals surface area (Å²) in [6.45, 7) is 2.13. The van der Waals surface area contributed by atoms with Crippen LogP contribution in [0, 0.1) is 6.92 Å². The van der Waals surface area contributed by atoms with Crippen molar-refractivity contribution in [3.05, 3.63) is 138 Å². The summed E-state index contributed by atoms with van der Waals surface area (Å²) in [6.07, 6.45) is 0. The molecule has 0 fully saturated rings. The molecule has 0 amide bonds. The average molecular weight is 379 g/mol. The molecule has 0 bridgehead atoms. The fourth-order valence-corrected chi connectivity index (χ4v) is 4.32. The standard InChI is InChI=1S/C27H22S/c1-21-17-19-24(20-18-21)27(28-25-15-9-4-10-16-25)26(22-11-5-2-6-12-22)23-13-7-3-8-14-23/h2-20H,1H3. The molecule has 0 heterocycles. The van der Waals surface area contributed by atoms with Gasteiger partial charge in [-0.05, 0) is 35.7 Å². The fourth-order valence-electron chi connectivity index (χ4n) is 3.20. The molecule has 0 N–H and O–H groups in total. The molecule has 28 heavy (non-hydrogen) atoms. The van der Waals surface area contributed by atoms with Crippen LogP contribution >= 0.6 is 11.8 Å². The molecule has 0 nitrogen and oxygen atoms in total. The number of rotatable bonds is 5. The van der Waals surface area contributed by atoms with Crippen molar-refractivity contribution in [3.63, 3.8) is 0 Å². The van der Waals surface area contributed by atoms with E-state index in [1.807, 2.05) is 11.8 Å². The summed E-state index contributed by atoms with van der Waals surface area (Å²) in [4.78, 5) is 2.51. The minimum absolute atomic E-state index is 1.23. The zero-order valence-electron chi connectivity index (χ0n) is 15.9. The quantitative estimate of drug-likeness (QED) is 0.253. The summed E-state index contributed by atoms with van der Waals surface area (Å²) in [5, 5.41) is 0. The lowest BCUT2D eigenvalue weighted by Gasteiger charge is -2.17. The summed E-state index contributed by atoms with van der Waals surface area (Å²) in [5.41, 5.74) is 6.23. The van der Waals surface area contributed by atoms with Crippen LogP contribution in [0.25, 0.3) is 10.5 Å². The van der Waals surface area contributed by atoms with Crippen LogP contribution in [0.2, 0.25) is 0 Å². The molecule has 1 heteroatoms. The molecule has 0 atom stereocenters. The highest BCUT2D eigenvalue weighted by Gasteiger charge is 2.15. The third-order valence-electron chi connectivity index (χ3n) is 4.63. The van der Waals surface area contributed by atoms with E-state index in [0.29, 0.717) is 0 Å². The smallest absolute Gasteiger partial charge is 0.0279 e. The van der Waals surface area contributed by atoms with E-state index in [1.165, 1.54) is 37.6 Å². The third kappa shape index (κ3) is 4.27. The van der Waals surface area contributed by atoms with Gasteiger partial charge in [0.25, 0.3) is 0 Å². The molecule has 136 valence electrons. The van der Waals surface area contributed by atoms with Crippen LogP contribution in [0.1, 0.15) is 22.3 Å². The normalized spacial score (nSPS) is 10.5. The van der Waals surface area contributed by atoms with E-state index in [-0.39, 0.29) is 0 Å². The molecular formula is C27H22S. The third-order valence-corrected chi connectivity index (χ3v) is 5.78. The minimum atomic E-state index is 1.23. The van der Waals surface area contributed by atoms with Gasteiger partial charge in [-0.25, -0.2) is 0 Å². The zero-order valence-corrected chi connectivity index (χ0v) is 16.7. The zero-order chi connectivity index (χ0) is 19.2. The maximum absolute atomic E-state index is 2.23. The number of hydrogen-bond donors (Lipinski definition) is 0. The Morgan fingerprint density at radius 1 is 0.500 bits per heavy atom. The first-order chi connectivity index (χ1) is 13.8. The van der Waals surface area contributed by atoms with Gasteiger partial charge in [0.1, 0.15) is 0 Å². The summed E-state index contributed by atoms with van der Waals surface area (Å²) in [5.74, 6) is 0. The molecule has 4 rings (SSSR count).